The third kappa shape index (κ3) is 5.29. The number of esters is 1. The van der Waals surface area contributed by atoms with E-state index in [4.69, 9.17) is 14.2 Å². The van der Waals surface area contributed by atoms with E-state index in [0.29, 0.717) is 18.1 Å². The van der Waals surface area contributed by atoms with Crippen molar-refractivity contribution < 1.29 is 24.3 Å². The van der Waals surface area contributed by atoms with Gasteiger partial charge in [-0.15, -0.1) is 0 Å². The number of benzene rings is 3. The van der Waals surface area contributed by atoms with Crippen molar-refractivity contribution in [3.8, 4) is 11.5 Å². The number of rotatable bonds is 8. The first-order chi connectivity index (χ1) is 15.7. The minimum atomic E-state index is -0.546. The molecule has 32 heavy (non-hydrogen) atoms. The van der Waals surface area contributed by atoms with E-state index >= 15 is 0 Å². The van der Waals surface area contributed by atoms with Crippen LogP contribution in [0.4, 0.5) is 0 Å². The summed E-state index contributed by atoms with van der Waals surface area (Å²) in [6, 6.07) is 25.7. The molecule has 1 heterocycles. The van der Waals surface area contributed by atoms with Crippen LogP contribution in [-0.4, -0.2) is 26.2 Å². The number of ether oxygens (including phenoxy) is 3. The van der Waals surface area contributed by atoms with Gasteiger partial charge in [-0.05, 0) is 28.8 Å². The molecule has 0 amide bonds. The number of piperidine rings is 1. The Morgan fingerprint density at radius 2 is 1.56 bits per heavy atom. The van der Waals surface area contributed by atoms with Gasteiger partial charge < -0.3 is 19.5 Å². The molecule has 1 saturated heterocycles. The van der Waals surface area contributed by atoms with Gasteiger partial charge in [-0.25, -0.2) is 0 Å². The maximum atomic E-state index is 12.9. The molecule has 0 spiro atoms. The van der Waals surface area contributed by atoms with Crippen LogP contribution >= 0.6 is 0 Å². The molecule has 3 aromatic carbocycles. The molecule has 5 heteroatoms. The molecule has 0 bridgehead atoms. The van der Waals surface area contributed by atoms with Crippen molar-refractivity contribution in [2.45, 2.75) is 31.5 Å². The van der Waals surface area contributed by atoms with E-state index in [1.165, 1.54) is 0 Å². The van der Waals surface area contributed by atoms with Gasteiger partial charge >= 0.3 is 5.97 Å². The van der Waals surface area contributed by atoms with Crippen LogP contribution in [0.3, 0.4) is 0 Å². The molecular weight excluding hydrogens is 402 g/mol. The maximum absolute atomic E-state index is 12.9. The van der Waals surface area contributed by atoms with Gasteiger partial charge in [-0.2, -0.15) is 0 Å². The quantitative estimate of drug-likeness (QED) is 0.553. The standard InChI is InChI=1S/C27H29NO4/c1-30-25-18-22(12-13-24(25)31-20-21-8-4-2-5-9-21)19-26(29)32-27(14-16-28-17-15-27)23-10-6-3-7-11-23/h2-13,18,28H,14-17,19-20H2,1H3/p+1. The van der Waals surface area contributed by atoms with Crippen LogP contribution in [0.15, 0.2) is 78.9 Å². The van der Waals surface area contributed by atoms with E-state index < -0.39 is 5.60 Å². The molecule has 1 aliphatic rings. The van der Waals surface area contributed by atoms with E-state index in [1.807, 2.05) is 66.7 Å². The molecule has 5 nitrogen and oxygen atoms in total. The van der Waals surface area contributed by atoms with E-state index in [9.17, 15) is 4.79 Å². The van der Waals surface area contributed by atoms with Crippen LogP contribution in [0.2, 0.25) is 0 Å². The fourth-order valence-electron chi connectivity index (χ4n) is 4.23. The minimum Gasteiger partial charge on any atom is -0.493 e. The van der Waals surface area contributed by atoms with E-state index in [0.717, 1.165) is 42.6 Å². The molecule has 1 aliphatic heterocycles. The zero-order valence-electron chi connectivity index (χ0n) is 18.5. The Bertz CT molecular complexity index is 1010. The van der Waals surface area contributed by atoms with Gasteiger partial charge in [0, 0.05) is 12.8 Å². The smallest absolute Gasteiger partial charge is 0.311 e. The summed E-state index contributed by atoms with van der Waals surface area (Å²) < 4.78 is 17.6. The monoisotopic (exact) mass is 432 g/mol. The SMILES string of the molecule is COc1cc(CC(=O)OC2(c3ccccc3)CC[NH2+]CC2)ccc1OCc1ccccc1. The van der Waals surface area contributed by atoms with E-state index in [-0.39, 0.29) is 12.4 Å². The summed E-state index contributed by atoms with van der Waals surface area (Å²) in [7, 11) is 1.61. The summed E-state index contributed by atoms with van der Waals surface area (Å²) in [5, 5.41) is 2.27. The van der Waals surface area contributed by atoms with Gasteiger partial charge in [0.25, 0.3) is 0 Å². The zero-order chi connectivity index (χ0) is 22.2. The number of nitrogens with two attached hydrogens (primary N) is 1. The van der Waals surface area contributed by atoms with E-state index in [2.05, 4.69) is 17.4 Å². The van der Waals surface area contributed by atoms with Crippen molar-refractivity contribution >= 4 is 5.97 Å². The lowest BCUT2D eigenvalue weighted by Crippen LogP contribution is -2.87. The Kier molecular flexibility index (Phi) is 7.07. The van der Waals surface area contributed by atoms with Crippen LogP contribution in [-0.2, 0) is 28.2 Å². The van der Waals surface area contributed by atoms with Crippen LogP contribution in [0.5, 0.6) is 11.5 Å². The highest BCUT2D eigenvalue weighted by atomic mass is 16.6. The van der Waals surface area contributed by atoms with Crippen molar-refractivity contribution in [1.82, 2.24) is 0 Å². The Balaban J connectivity index is 1.44. The zero-order valence-corrected chi connectivity index (χ0v) is 18.5. The molecule has 2 N–H and O–H groups in total. The van der Waals surface area contributed by atoms with E-state index in [1.54, 1.807) is 7.11 Å². The highest BCUT2D eigenvalue weighted by Crippen LogP contribution is 2.35. The van der Waals surface area contributed by atoms with Gasteiger partial charge in [0.15, 0.2) is 11.5 Å². The second kappa shape index (κ2) is 10.3. The first-order valence-corrected chi connectivity index (χ1v) is 11.1. The fraction of sp³-hybridized carbons (Fsp3) is 0.296. The molecule has 0 saturated carbocycles. The molecule has 0 aliphatic carbocycles. The Morgan fingerprint density at radius 3 is 2.25 bits per heavy atom. The van der Waals surface area contributed by atoms with Gasteiger partial charge in [0.05, 0.1) is 26.6 Å². The average molecular weight is 433 g/mol. The number of hydrogen-bond acceptors (Lipinski definition) is 4. The molecule has 1 fully saturated rings. The first-order valence-electron chi connectivity index (χ1n) is 11.1. The summed E-state index contributed by atoms with van der Waals surface area (Å²) in [4.78, 5) is 12.9. The first kappa shape index (κ1) is 21.9. The maximum Gasteiger partial charge on any atom is 0.311 e. The summed E-state index contributed by atoms with van der Waals surface area (Å²) in [6.07, 6.45) is 1.82. The Hall–Kier alpha value is -3.31. The molecule has 4 rings (SSSR count). The van der Waals surface area contributed by atoms with Crippen molar-refractivity contribution in [1.29, 1.82) is 0 Å². The molecular formula is C27H30NO4+. The number of hydrogen-bond donors (Lipinski definition) is 1. The molecule has 166 valence electrons. The van der Waals surface area contributed by atoms with Gasteiger partial charge in [0.1, 0.15) is 12.2 Å². The minimum absolute atomic E-state index is 0.188. The van der Waals surface area contributed by atoms with Crippen molar-refractivity contribution in [3.63, 3.8) is 0 Å². The van der Waals surface area contributed by atoms with Crippen molar-refractivity contribution in [3.05, 3.63) is 95.6 Å². The Morgan fingerprint density at radius 1 is 0.875 bits per heavy atom. The predicted octanol–water partition coefficient (Wildman–Crippen LogP) is 3.61. The molecule has 0 aromatic heterocycles. The molecule has 0 radical (unpaired) electrons. The van der Waals surface area contributed by atoms with Crippen LogP contribution < -0.4 is 14.8 Å². The third-order valence-electron chi connectivity index (χ3n) is 5.93. The number of carbonyl (C=O) groups is 1. The number of quaternary nitrogens is 1. The summed E-state index contributed by atoms with van der Waals surface area (Å²) >= 11 is 0. The predicted molar refractivity (Wildman–Crippen MR) is 123 cm³/mol. The van der Waals surface area contributed by atoms with Crippen molar-refractivity contribution in [2.75, 3.05) is 20.2 Å². The van der Waals surface area contributed by atoms with Crippen LogP contribution in [0.1, 0.15) is 29.5 Å². The highest BCUT2D eigenvalue weighted by Gasteiger charge is 2.39. The normalized spacial score (nSPS) is 15.0. The molecule has 0 atom stereocenters. The molecule has 3 aromatic rings. The second-order valence-electron chi connectivity index (χ2n) is 8.14. The lowest BCUT2D eigenvalue weighted by atomic mass is 9.84. The third-order valence-corrected chi connectivity index (χ3v) is 5.93. The lowest BCUT2D eigenvalue weighted by molar-refractivity contribution is -0.668. The Labute approximate surface area is 189 Å². The fourth-order valence-corrected chi connectivity index (χ4v) is 4.23. The highest BCUT2D eigenvalue weighted by molar-refractivity contribution is 5.73. The lowest BCUT2D eigenvalue weighted by Gasteiger charge is -2.36. The number of methoxy groups -OCH3 is 1. The summed E-state index contributed by atoms with van der Waals surface area (Å²) in [5.41, 5.74) is 2.45. The summed E-state index contributed by atoms with van der Waals surface area (Å²) in [5.74, 6) is 1.03. The largest absolute Gasteiger partial charge is 0.493 e. The average Bonchev–Trinajstić information content (AvgIpc) is 2.85. The summed E-state index contributed by atoms with van der Waals surface area (Å²) in [6.45, 7) is 2.35. The number of carbonyl (C=O) groups excluding carboxylic acids is 1. The van der Waals surface area contributed by atoms with Crippen LogP contribution in [0.25, 0.3) is 0 Å². The van der Waals surface area contributed by atoms with Gasteiger partial charge in [-0.1, -0.05) is 66.7 Å². The topological polar surface area (TPSA) is 61.4 Å². The van der Waals surface area contributed by atoms with Gasteiger partial charge in [0.2, 0.25) is 0 Å². The van der Waals surface area contributed by atoms with Crippen molar-refractivity contribution in [2.24, 2.45) is 0 Å². The molecule has 0 unspecified atom stereocenters. The second-order valence-corrected chi connectivity index (χ2v) is 8.14. The van der Waals surface area contributed by atoms with Gasteiger partial charge in [-0.3, -0.25) is 4.79 Å². The van der Waals surface area contributed by atoms with Crippen LogP contribution in [0, 0.1) is 0 Å².